The Morgan fingerprint density at radius 2 is 2.09 bits per heavy atom. The zero-order valence-corrected chi connectivity index (χ0v) is 14.6. The van der Waals surface area contributed by atoms with E-state index in [0.29, 0.717) is 22.3 Å². The van der Waals surface area contributed by atoms with Crippen LogP contribution in [0.1, 0.15) is 20.3 Å². The molecule has 1 aromatic heterocycles. The molecule has 1 N–H and O–H groups in total. The summed E-state index contributed by atoms with van der Waals surface area (Å²) in [4.78, 5) is 12.3. The van der Waals surface area contributed by atoms with Gasteiger partial charge in [0, 0.05) is 5.02 Å². The normalized spacial score (nSPS) is 12.0. The van der Waals surface area contributed by atoms with Crippen molar-refractivity contribution in [3.05, 3.63) is 29.3 Å². The van der Waals surface area contributed by atoms with Gasteiger partial charge in [0.1, 0.15) is 5.75 Å². The fraction of sp³-hybridized carbons (Fsp3) is 0.357. The first-order chi connectivity index (χ1) is 10.6. The molecule has 2 rings (SSSR count). The van der Waals surface area contributed by atoms with Gasteiger partial charge in [0.25, 0.3) is 5.91 Å². The van der Waals surface area contributed by atoms with Crippen LogP contribution in [0.15, 0.2) is 28.6 Å². The summed E-state index contributed by atoms with van der Waals surface area (Å²) in [5.74, 6) is 1.28. The van der Waals surface area contributed by atoms with E-state index in [1.807, 2.05) is 13.8 Å². The number of aromatic nitrogens is 2. The Morgan fingerprint density at radius 3 is 2.73 bits per heavy atom. The largest absolute Gasteiger partial charge is 0.481 e. The highest BCUT2D eigenvalue weighted by atomic mass is 35.5. The molecule has 2 aromatic rings. The van der Waals surface area contributed by atoms with Crippen LogP contribution in [0.25, 0.3) is 0 Å². The first-order valence-electron chi connectivity index (χ1n) is 6.81. The third kappa shape index (κ3) is 4.86. The topological polar surface area (TPSA) is 64.1 Å². The highest BCUT2D eigenvalue weighted by molar-refractivity contribution is 8.01. The Morgan fingerprint density at radius 1 is 1.36 bits per heavy atom. The highest BCUT2D eigenvalue weighted by Gasteiger charge is 2.20. The molecule has 1 heterocycles. The fourth-order valence-corrected chi connectivity index (χ4v) is 3.41. The molecule has 8 heteroatoms. The summed E-state index contributed by atoms with van der Waals surface area (Å²) >= 11 is 8.78. The number of hydrogen-bond donors (Lipinski definition) is 1. The number of ether oxygens (including phenoxy) is 1. The van der Waals surface area contributed by atoms with Crippen LogP contribution >= 0.6 is 34.7 Å². The van der Waals surface area contributed by atoms with Crippen molar-refractivity contribution in [3.8, 4) is 5.75 Å². The predicted molar refractivity (Wildman–Crippen MR) is 91.1 cm³/mol. The highest BCUT2D eigenvalue weighted by Crippen LogP contribution is 2.25. The fourth-order valence-electron chi connectivity index (χ4n) is 1.63. The van der Waals surface area contributed by atoms with Crippen molar-refractivity contribution in [2.24, 2.45) is 0 Å². The molecule has 0 aliphatic heterocycles. The number of nitrogens with zero attached hydrogens (tertiary/aromatic N) is 2. The maximum absolute atomic E-state index is 12.3. The molecule has 5 nitrogen and oxygen atoms in total. The van der Waals surface area contributed by atoms with Crippen molar-refractivity contribution in [1.29, 1.82) is 0 Å². The van der Waals surface area contributed by atoms with Crippen molar-refractivity contribution in [2.75, 3.05) is 11.1 Å². The van der Waals surface area contributed by atoms with Gasteiger partial charge in [-0.05, 0) is 36.4 Å². The smallest absolute Gasteiger partial charge is 0.267 e. The van der Waals surface area contributed by atoms with E-state index < -0.39 is 6.10 Å². The van der Waals surface area contributed by atoms with Crippen LogP contribution in [0, 0.1) is 0 Å². The number of amides is 1. The van der Waals surface area contributed by atoms with Crippen molar-refractivity contribution >= 4 is 45.7 Å². The third-order valence-corrected chi connectivity index (χ3v) is 4.77. The van der Waals surface area contributed by atoms with E-state index in [9.17, 15) is 4.79 Å². The van der Waals surface area contributed by atoms with E-state index in [1.165, 1.54) is 11.3 Å². The second-order valence-electron chi connectivity index (χ2n) is 4.26. The Labute approximate surface area is 142 Å². The molecule has 118 valence electrons. The van der Waals surface area contributed by atoms with E-state index in [0.717, 1.165) is 10.1 Å². The van der Waals surface area contributed by atoms with Crippen LogP contribution in [0.5, 0.6) is 5.75 Å². The van der Waals surface area contributed by atoms with Crippen LogP contribution in [0.2, 0.25) is 5.02 Å². The maximum atomic E-state index is 12.3. The Hall–Kier alpha value is -1.31. The lowest BCUT2D eigenvalue weighted by Crippen LogP contribution is -2.32. The second-order valence-corrected chi connectivity index (χ2v) is 7.19. The number of carbonyl (C=O) groups excluding carboxylic acids is 1. The van der Waals surface area contributed by atoms with Gasteiger partial charge in [0.15, 0.2) is 10.4 Å². The van der Waals surface area contributed by atoms with Gasteiger partial charge in [-0.1, -0.05) is 48.5 Å². The van der Waals surface area contributed by atoms with Gasteiger partial charge in [-0.25, -0.2) is 0 Å². The second kappa shape index (κ2) is 8.36. The van der Waals surface area contributed by atoms with Crippen LogP contribution in [-0.2, 0) is 4.79 Å². The summed E-state index contributed by atoms with van der Waals surface area (Å²) in [5, 5.41) is 11.8. The van der Waals surface area contributed by atoms with Crippen LogP contribution in [0.4, 0.5) is 5.13 Å². The SMILES string of the molecule is CCSc1nnc(NC(=O)C(CC)Oc2ccc(Cl)cc2)s1. The maximum Gasteiger partial charge on any atom is 0.267 e. The van der Waals surface area contributed by atoms with Gasteiger partial charge in [0.05, 0.1) is 0 Å². The van der Waals surface area contributed by atoms with Crippen LogP contribution in [-0.4, -0.2) is 28.0 Å². The number of thioether (sulfide) groups is 1. The van der Waals surface area contributed by atoms with Crippen molar-refractivity contribution < 1.29 is 9.53 Å². The zero-order chi connectivity index (χ0) is 15.9. The lowest BCUT2D eigenvalue weighted by molar-refractivity contribution is -0.122. The predicted octanol–water partition coefficient (Wildman–Crippen LogP) is 4.10. The van der Waals surface area contributed by atoms with Crippen molar-refractivity contribution in [3.63, 3.8) is 0 Å². The molecule has 0 saturated carbocycles. The molecule has 0 aliphatic carbocycles. The summed E-state index contributed by atoms with van der Waals surface area (Å²) in [6, 6.07) is 6.92. The number of carbonyl (C=O) groups is 1. The van der Waals surface area contributed by atoms with Gasteiger partial charge in [-0.3, -0.25) is 10.1 Å². The first kappa shape index (κ1) is 17.1. The minimum absolute atomic E-state index is 0.235. The minimum Gasteiger partial charge on any atom is -0.481 e. The molecule has 0 bridgehead atoms. The monoisotopic (exact) mass is 357 g/mol. The number of rotatable bonds is 7. The lowest BCUT2D eigenvalue weighted by Gasteiger charge is -2.16. The molecule has 1 atom stereocenters. The number of hydrogen-bond acceptors (Lipinski definition) is 6. The van der Waals surface area contributed by atoms with Crippen LogP contribution < -0.4 is 10.1 Å². The first-order valence-corrected chi connectivity index (χ1v) is 8.99. The average molecular weight is 358 g/mol. The summed E-state index contributed by atoms with van der Waals surface area (Å²) in [7, 11) is 0. The summed E-state index contributed by atoms with van der Waals surface area (Å²) in [6.07, 6.45) is -0.0449. The Balaban J connectivity index is 1.97. The Kier molecular flexibility index (Phi) is 6.48. The van der Waals surface area contributed by atoms with Gasteiger partial charge in [-0.2, -0.15) is 0 Å². The molecule has 0 spiro atoms. The van der Waals surface area contributed by atoms with E-state index in [-0.39, 0.29) is 5.91 Å². The van der Waals surface area contributed by atoms with Gasteiger partial charge < -0.3 is 4.74 Å². The van der Waals surface area contributed by atoms with Gasteiger partial charge in [0.2, 0.25) is 5.13 Å². The van der Waals surface area contributed by atoms with E-state index in [2.05, 4.69) is 15.5 Å². The van der Waals surface area contributed by atoms with Crippen LogP contribution in [0.3, 0.4) is 0 Å². The van der Waals surface area contributed by atoms with E-state index >= 15 is 0 Å². The quantitative estimate of drug-likeness (QED) is 0.597. The molecule has 0 saturated heterocycles. The summed E-state index contributed by atoms with van der Waals surface area (Å²) in [5.41, 5.74) is 0. The molecule has 1 amide bonds. The average Bonchev–Trinajstić information content (AvgIpc) is 2.94. The lowest BCUT2D eigenvalue weighted by atomic mass is 10.2. The molecule has 0 radical (unpaired) electrons. The summed E-state index contributed by atoms with van der Waals surface area (Å²) in [6.45, 7) is 3.93. The van der Waals surface area contributed by atoms with E-state index in [4.69, 9.17) is 16.3 Å². The molecule has 0 aliphatic rings. The van der Waals surface area contributed by atoms with Crippen molar-refractivity contribution in [1.82, 2.24) is 10.2 Å². The minimum atomic E-state index is -0.590. The van der Waals surface area contributed by atoms with Gasteiger partial charge >= 0.3 is 0 Å². The molecular formula is C14H16ClN3O2S2. The number of halogens is 1. The van der Waals surface area contributed by atoms with Gasteiger partial charge in [-0.15, -0.1) is 10.2 Å². The summed E-state index contributed by atoms with van der Waals surface area (Å²) < 4.78 is 6.52. The number of benzene rings is 1. The molecule has 0 fully saturated rings. The van der Waals surface area contributed by atoms with Crippen molar-refractivity contribution in [2.45, 2.75) is 30.7 Å². The third-order valence-electron chi connectivity index (χ3n) is 2.66. The number of nitrogens with one attached hydrogen (secondary N) is 1. The molecule has 1 aromatic carbocycles. The molecule has 1 unspecified atom stereocenters. The number of anilines is 1. The molecular weight excluding hydrogens is 342 g/mol. The Bertz CT molecular complexity index is 619. The molecule has 22 heavy (non-hydrogen) atoms. The zero-order valence-electron chi connectivity index (χ0n) is 12.2. The van der Waals surface area contributed by atoms with E-state index in [1.54, 1.807) is 36.0 Å². The standard InChI is InChI=1S/C14H16ClN3O2S2/c1-3-11(20-10-7-5-9(15)6-8-10)12(19)16-13-17-18-14(22-13)21-4-2/h5-8,11H,3-4H2,1-2H3,(H,16,17,19).